The molecule has 0 radical (unpaired) electrons. The van der Waals surface area contributed by atoms with Crippen molar-refractivity contribution in [2.24, 2.45) is 0 Å². The lowest BCUT2D eigenvalue weighted by molar-refractivity contribution is -0.114. The number of nitrogens with one attached hydrogen (secondary N) is 3. The van der Waals surface area contributed by atoms with Gasteiger partial charge in [0.25, 0.3) is 11.8 Å². The molecule has 4 aromatic carbocycles. The Morgan fingerprint density at radius 1 is 0.778 bits per heavy atom. The molecule has 3 amide bonds. The minimum absolute atomic E-state index is 0.0141. The van der Waals surface area contributed by atoms with Crippen LogP contribution in [-0.2, 0) is 9.59 Å². The van der Waals surface area contributed by atoms with Crippen molar-refractivity contribution >= 4 is 46.9 Å². The molecule has 5 aromatic rings. The molecule has 9 heteroatoms. The van der Waals surface area contributed by atoms with E-state index in [2.05, 4.69) is 16.0 Å². The molecule has 0 spiro atoms. The first-order valence-electron chi connectivity index (χ1n) is 14.3. The van der Waals surface area contributed by atoms with Crippen molar-refractivity contribution in [3.05, 3.63) is 138 Å². The van der Waals surface area contributed by atoms with Crippen molar-refractivity contribution in [1.82, 2.24) is 5.32 Å². The highest BCUT2D eigenvalue weighted by atomic mass is 32.2. The summed E-state index contributed by atoms with van der Waals surface area (Å²) >= 11 is 1.36. The van der Waals surface area contributed by atoms with Crippen LogP contribution in [0.2, 0.25) is 0 Å². The zero-order valence-corrected chi connectivity index (χ0v) is 25.3. The highest BCUT2D eigenvalue weighted by molar-refractivity contribution is 8.00. The minimum Gasteiger partial charge on any atom is -0.492 e. The molecule has 0 saturated carbocycles. The van der Waals surface area contributed by atoms with Crippen LogP contribution >= 0.6 is 11.8 Å². The summed E-state index contributed by atoms with van der Waals surface area (Å²) in [6.45, 7) is 2.39. The van der Waals surface area contributed by atoms with Gasteiger partial charge in [0.2, 0.25) is 5.91 Å². The number of anilines is 2. The first-order valence-corrected chi connectivity index (χ1v) is 15.3. The number of hydrogen-bond donors (Lipinski definition) is 3. The summed E-state index contributed by atoms with van der Waals surface area (Å²) in [6, 6.07) is 36.2. The van der Waals surface area contributed by atoms with Gasteiger partial charge in [-0.3, -0.25) is 14.4 Å². The predicted molar refractivity (Wildman–Crippen MR) is 178 cm³/mol. The predicted octanol–water partition coefficient (Wildman–Crippen LogP) is 7.49. The van der Waals surface area contributed by atoms with E-state index in [0.717, 1.165) is 10.5 Å². The fraction of sp³-hybridized carbons (Fsp3) is 0.0833. The second kappa shape index (κ2) is 15.3. The molecule has 0 aliphatic rings. The lowest BCUT2D eigenvalue weighted by Crippen LogP contribution is -2.30. The number of para-hydroxylation sites is 2. The smallest absolute Gasteiger partial charge is 0.272 e. The average Bonchev–Trinajstić information content (AvgIpc) is 3.54. The van der Waals surface area contributed by atoms with Gasteiger partial charge in [0.05, 0.1) is 18.0 Å². The van der Waals surface area contributed by atoms with E-state index in [1.165, 1.54) is 17.8 Å². The molecule has 1 aromatic heterocycles. The summed E-state index contributed by atoms with van der Waals surface area (Å²) in [4.78, 5) is 39.8. The number of carbonyl (C=O) groups is 3. The van der Waals surface area contributed by atoms with Crippen molar-refractivity contribution in [2.45, 2.75) is 11.8 Å². The molecule has 0 fully saturated rings. The van der Waals surface area contributed by atoms with Crippen molar-refractivity contribution in [2.75, 3.05) is 23.0 Å². The van der Waals surface area contributed by atoms with Crippen LogP contribution in [0, 0.1) is 0 Å². The Kier molecular flexibility index (Phi) is 10.5. The molecule has 0 saturated heterocycles. The number of benzene rings is 4. The largest absolute Gasteiger partial charge is 0.492 e. The summed E-state index contributed by atoms with van der Waals surface area (Å²) in [5.74, 6) is 0.735. The van der Waals surface area contributed by atoms with E-state index < -0.39 is 11.8 Å². The number of furan rings is 1. The molecule has 0 atom stereocenters. The van der Waals surface area contributed by atoms with Crippen molar-refractivity contribution in [3.63, 3.8) is 0 Å². The van der Waals surface area contributed by atoms with Crippen molar-refractivity contribution in [1.29, 1.82) is 0 Å². The Morgan fingerprint density at radius 3 is 2.20 bits per heavy atom. The summed E-state index contributed by atoms with van der Waals surface area (Å²) in [5, 5.41) is 8.44. The molecule has 0 unspecified atom stereocenters. The monoisotopic (exact) mass is 617 g/mol. The van der Waals surface area contributed by atoms with Crippen LogP contribution in [-0.4, -0.2) is 30.1 Å². The third-order valence-electron chi connectivity index (χ3n) is 6.44. The maximum absolute atomic E-state index is 13.4. The third-order valence-corrected chi connectivity index (χ3v) is 7.46. The zero-order chi connectivity index (χ0) is 31.4. The molecule has 45 heavy (non-hydrogen) atoms. The topological polar surface area (TPSA) is 110 Å². The molecule has 0 bridgehead atoms. The van der Waals surface area contributed by atoms with Crippen LogP contribution in [0.25, 0.3) is 17.4 Å². The van der Waals surface area contributed by atoms with Gasteiger partial charge in [-0.2, -0.15) is 0 Å². The number of thioether (sulfide) groups is 1. The summed E-state index contributed by atoms with van der Waals surface area (Å²) in [5.41, 5.74) is 2.45. The number of amides is 3. The lowest BCUT2D eigenvalue weighted by atomic mass is 10.2. The molecule has 8 nitrogen and oxygen atoms in total. The zero-order valence-electron chi connectivity index (χ0n) is 24.5. The van der Waals surface area contributed by atoms with E-state index in [9.17, 15) is 14.4 Å². The van der Waals surface area contributed by atoms with Gasteiger partial charge >= 0.3 is 0 Å². The van der Waals surface area contributed by atoms with Crippen LogP contribution in [0.4, 0.5) is 11.4 Å². The summed E-state index contributed by atoms with van der Waals surface area (Å²) in [6.07, 6.45) is 1.50. The molecule has 0 aliphatic carbocycles. The van der Waals surface area contributed by atoms with Gasteiger partial charge in [-0.1, -0.05) is 60.7 Å². The van der Waals surface area contributed by atoms with Gasteiger partial charge in [-0.05, 0) is 67.6 Å². The Bertz CT molecular complexity index is 1780. The maximum atomic E-state index is 13.4. The average molecular weight is 618 g/mol. The first kappa shape index (κ1) is 30.9. The normalized spacial score (nSPS) is 11.0. The quantitative estimate of drug-likeness (QED) is 0.0989. The SMILES string of the molecule is CCOc1ccccc1NC(=O)CSc1ccc(NC(=O)/C(=C\c2ccc(-c3ccccc3)o2)NC(=O)c2ccccc2)cc1. The van der Waals surface area contributed by atoms with Crippen LogP contribution in [0.1, 0.15) is 23.0 Å². The van der Waals surface area contributed by atoms with E-state index in [0.29, 0.717) is 40.8 Å². The second-order valence-corrected chi connectivity index (χ2v) is 10.7. The lowest BCUT2D eigenvalue weighted by Gasteiger charge is -2.12. The van der Waals surface area contributed by atoms with Crippen molar-refractivity contribution < 1.29 is 23.5 Å². The molecule has 0 aliphatic heterocycles. The molecule has 5 rings (SSSR count). The Labute approximate surface area is 265 Å². The molecule has 3 N–H and O–H groups in total. The standard InChI is InChI=1S/C36H31N3O5S/c1-2-43-33-16-10-9-15-30(33)38-34(40)24-45-29-20-17-27(18-21-29)37-36(42)31(39-35(41)26-13-7-4-8-14-26)23-28-19-22-32(44-28)25-11-5-3-6-12-25/h3-23H,2,24H2,1H3,(H,37,42)(H,38,40)(H,39,41)/b31-23+. The minimum atomic E-state index is -0.523. The Balaban J connectivity index is 1.25. The van der Waals surface area contributed by atoms with E-state index in [1.807, 2.05) is 79.7 Å². The van der Waals surface area contributed by atoms with Gasteiger partial charge < -0.3 is 25.1 Å². The summed E-state index contributed by atoms with van der Waals surface area (Å²) < 4.78 is 11.5. The Hall–Kier alpha value is -5.54. The van der Waals surface area contributed by atoms with Crippen molar-refractivity contribution in [3.8, 4) is 17.1 Å². The van der Waals surface area contributed by atoms with Gasteiger partial charge in [0.15, 0.2) is 0 Å². The number of ether oxygens (including phenoxy) is 1. The van der Waals surface area contributed by atoms with Gasteiger partial charge in [0, 0.05) is 27.8 Å². The molecule has 1 heterocycles. The fourth-order valence-corrected chi connectivity index (χ4v) is 4.99. The first-order chi connectivity index (χ1) is 22.0. The molecular formula is C36H31N3O5S. The highest BCUT2D eigenvalue weighted by Crippen LogP contribution is 2.26. The van der Waals surface area contributed by atoms with Gasteiger partial charge in [0.1, 0.15) is 23.0 Å². The number of hydrogen-bond acceptors (Lipinski definition) is 6. The molecule has 226 valence electrons. The van der Waals surface area contributed by atoms with E-state index >= 15 is 0 Å². The van der Waals surface area contributed by atoms with Crippen LogP contribution in [0.15, 0.2) is 136 Å². The van der Waals surface area contributed by atoms with Crippen LogP contribution in [0.3, 0.4) is 0 Å². The Morgan fingerprint density at radius 2 is 1.47 bits per heavy atom. The number of carbonyl (C=O) groups excluding carboxylic acids is 3. The second-order valence-electron chi connectivity index (χ2n) is 9.69. The van der Waals surface area contributed by atoms with E-state index in [1.54, 1.807) is 48.5 Å². The highest BCUT2D eigenvalue weighted by Gasteiger charge is 2.17. The fourth-order valence-electron chi connectivity index (χ4n) is 4.29. The van der Waals surface area contributed by atoms with Crippen LogP contribution in [0.5, 0.6) is 5.75 Å². The molecular weight excluding hydrogens is 586 g/mol. The summed E-state index contributed by atoms with van der Waals surface area (Å²) in [7, 11) is 0. The van der Waals surface area contributed by atoms with Gasteiger partial charge in [-0.25, -0.2) is 0 Å². The van der Waals surface area contributed by atoms with Gasteiger partial charge in [-0.15, -0.1) is 11.8 Å². The van der Waals surface area contributed by atoms with Crippen LogP contribution < -0.4 is 20.7 Å². The van der Waals surface area contributed by atoms with E-state index in [4.69, 9.17) is 9.15 Å². The third kappa shape index (κ3) is 8.75. The maximum Gasteiger partial charge on any atom is 0.272 e. The van der Waals surface area contributed by atoms with E-state index in [-0.39, 0.29) is 17.4 Å². The number of rotatable bonds is 12.